The van der Waals surface area contributed by atoms with Gasteiger partial charge in [-0.15, -0.1) is 11.3 Å². The van der Waals surface area contributed by atoms with E-state index in [9.17, 15) is 22.8 Å². The summed E-state index contributed by atoms with van der Waals surface area (Å²) >= 11 is 1.08. The summed E-state index contributed by atoms with van der Waals surface area (Å²) in [5.74, 6) is -3.93. The van der Waals surface area contributed by atoms with Gasteiger partial charge in [-0.3, -0.25) is 9.59 Å². The number of nitrogens with zero attached hydrogens (tertiary/aromatic N) is 1. The van der Waals surface area contributed by atoms with Gasteiger partial charge in [0, 0.05) is 10.9 Å². The summed E-state index contributed by atoms with van der Waals surface area (Å²) in [5, 5.41) is 6.57. The summed E-state index contributed by atoms with van der Waals surface area (Å²) in [6.07, 6.45) is 0. The minimum atomic E-state index is -0.998. The third-order valence-corrected chi connectivity index (χ3v) is 4.25. The number of hydrogen-bond donors (Lipinski definition) is 2. The molecule has 0 aliphatic heterocycles. The molecule has 1 heterocycles. The molecule has 0 aliphatic rings. The van der Waals surface area contributed by atoms with Crippen LogP contribution in [0, 0.1) is 17.5 Å². The first-order chi connectivity index (χ1) is 12.9. The predicted octanol–water partition coefficient (Wildman–Crippen LogP) is 3.60. The number of amides is 2. The first kappa shape index (κ1) is 18.6. The molecule has 3 aromatic rings. The van der Waals surface area contributed by atoms with Crippen molar-refractivity contribution < 1.29 is 22.8 Å². The smallest absolute Gasteiger partial charge is 0.254 e. The Kier molecular flexibility index (Phi) is 5.51. The zero-order chi connectivity index (χ0) is 19.4. The zero-order valence-electron chi connectivity index (χ0n) is 13.6. The van der Waals surface area contributed by atoms with Crippen molar-refractivity contribution in [2.75, 3.05) is 11.9 Å². The highest BCUT2D eigenvalue weighted by Crippen LogP contribution is 2.26. The fourth-order valence-electron chi connectivity index (χ4n) is 2.18. The van der Waals surface area contributed by atoms with Gasteiger partial charge in [0.15, 0.2) is 16.8 Å². The van der Waals surface area contributed by atoms with Crippen LogP contribution in [0.5, 0.6) is 0 Å². The van der Waals surface area contributed by atoms with Crippen LogP contribution in [-0.4, -0.2) is 23.3 Å². The standard InChI is InChI=1S/C18H12F3N3O2S/c19-12-4-2-1-3-11(12)17(26)22-8-16(25)24-18-23-15(9-27-18)10-5-6-13(20)14(21)7-10/h1-7,9H,8H2,(H,22,26)(H,23,24,25). The second kappa shape index (κ2) is 8.00. The normalized spacial score (nSPS) is 10.5. The first-order valence-electron chi connectivity index (χ1n) is 7.67. The number of hydrogen-bond acceptors (Lipinski definition) is 4. The maximum Gasteiger partial charge on any atom is 0.254 e. The van der Waals surface area contributed by atoms with Gasteiger partial charge in [-0.1, -0.05) is 12.1 Å². The molecular formula is C18H12F3N3O2S. The molecule has 0 aliphatic carbocycles. The monoisotopic (exact) mass is 391 g/mol. The predicted molar refractivity (Wildman–Crippen MR) is 94.8 cm³/mol. The second-order valence-electron chi connectivity index (χ2n) is 5.38. The van der Waals surface area contributed by atoms with Crippen molar-refractivity contribution in [1.29, 1.82) is 0 Å². The number of aromatic nitrogens is 1. The molecule has 0 unspecified atom stereocenters. The van der Waals surface area contributed by atoms with E-state index < -0.39 is 29.3 Å². The van der Waals surface area contributed by atoms with Gasteiger partial charge in [0.05, 0.1) is 17.8 Å². The average molecular weight is 391 g/mol. The van der Waals surface area contributed by atoms with E-state index in [0.717, 1.165) is 29.5 Å². The maximum absolute atomic E-state index is 13.5. The van der Waals surface area contributed by atoms with Gasteiger partial charge in [-0.05, 0) is 30.3 Å². The van der Waals surface area contributed by atoms with E-state index in [4.69, 9.17) is 0 Å². The third-order valence-electron chi connectivity index (χ3n) is 3.49. The Labute approximate surface area is 155 Å². The summed E-state index contributed by atoms with van der Waals surface area (Å²) in [5.41, 5.74) is 0.559. The van der Waals surface area contributed by atoms with Crippen LogP contribution in [-0.2, 0) is 4.79 Å². The Bertz CT molecular complexity index is 1010. The SMILES string of the molecule is O=C(CNC(=O)c1ccccc1F)Nc1nc(-c2ccc(F)c(F)c2)cs1. The minimum absolute atomic E-state index is 0.167. The molecule has 9 heteroatoms. The first-order valence-corrected chi connectivity index (χ1v) is 8.55. The van der Waals surface area contributed by atoms with E-state index in [1.54, 1.807) is 5.38 Å². The topological polar surface area (TPSA) is 71.1 Å². The van der Waals surface area contributed by atoms with E-state index in [-0.39, 0.29) is 17.2 Å². The van der Waals surface area contributed by atoms with Crippen molar-refractivity contribution in [2.45, 2.75) is 0 Å². The molecule has 2 N–H and O–H groups in total. The largest absolute Gasteiger partial charge is 0.343 e. The number of halogens is 3. The van der Waals surface area contributed by atoms with Crippen LogP contribution in [0.1, 0.15) is 10.4 Å². The Balaban J connectivity index is 1.59. The quantitative estimate of drug-likeness (QED) is 0.698. The molecule has 0 spiro atoms. The molecule has 0 radical (unpaired) electrons. The van der Waals surface area contributed by atoms with Crippen molar-refractivity contribution in [3.63, 3.8) is 0 Å². The Morgan fingerprint density at radius 3 is 2.52 bits per heavy atom. The van der Waals surface area contributed by atoms with Gasteiger partial charge in [-0.2, -0.15) is 0 Å². The number of carbonyl (C=O) groups is 2. The average Bonchev–Trinajstić information content (AvgIpc) is 3.11. The lowest BCUT2D eigenvalue weighted by Gasteiger charge is -2.05. The van der Waals surface area contributed by atoms with Crippen LogP contribution in [0.2, 0.25) is 0 Å². The number of benzene rings is 2. The number of nitrogens with one attached hydrogen (secondary N) is 2. The Morgan fingerprint density at radius 1 is 1.00 bits per heavy atom. The van der Waals surface area contributed by atoms with E-state index in [1.807, 2.05) is 0 Å². The third kappa shape index (κ3) is 4.50. The number of carbonyl (C=O) groups excluding carboxylic acids is 2. The van der Waals surface area contributed by atoms with Crippen LogP contribution in [0.4, 0.5) is 18.3 Å². The van der Waals surface area contributed by atoms with E-state index in [0.29, 0.717) is 11.3 Å². The molecule has 3 rings (SSSR count). The van der Waals surface area contributed by atoms with Crippen molar-refractivity contribution in [3.05, 3.63) is 70.9 Å². The van der Waals surface area contributed by atoms with E-state index in [1.165, 1.54) is 24.3 Å². The molecule has 5 nitrogen and oxygen atoms in total. The summed E-state index contributed by atoms with van der Waals surface area (Å²) in [6, 6.07) is 8.76. The fourth-order valence-corrected chi connectivity index (χ4v) is 2.92. The van der Waals surface area contributed by atoms with Crippen molar-refractivity contribution in [1.82, 2.24) is 10.3 Å². The van der Waals surface area contributed by atoms with Gasteiger partial charge in [0.25, 0.3) is 5.91 Å². The van der Waals surface area contributed by atoms with Gasteiger partial charge < -0.3 is 10.6 Å². The van der Waals surface area contributed by atoms with Crippen molar-refractivity contribution >= 4 is 28.3 Å². The van der Waals surface area contributed by atoms with Crippen LogP contribution >= 0.6 is 11.3 Å². The molecule has 138 valence electrons. The van der Waals surface area contributed by atoms with E-state index in [2.05, 4.69) is 15.6 Å². The molecule has 0 fully saturated rings. The Morgan fingerprint density at radius 2 is 1.78 bits per heavy atom. The molecule has 1 aromatic heterocycles. The lowest BCUT2D eigenvalue weighted by Crippen LogP contribution is -2.33. The van der Waals surface area contributed by atoms with Gasteiger partial charge in [-0.25, -0.2) is 18.2 Å². The number of thiazole rings is 1. The molecule has 2 aromatic carbocycles. The zero-order valence-corrected chi connectivity index (χ0v) is 14.4. The second-order valence-corrected chi connectivity index (χ2v) is 6.24. The summed E-state index contributed by atoms with van der Waals surface area (Å²) in [7, 11) is 0. The van der Waals surface area contributed by atoms with Crippen LogP contribution < -0.4 is 10.6 Å². The number of rotatable bonds is 5. The number of anilines is 1. The summed E-state index contributed by atoms with van der Waals surface area (Å²) in [4.78, 5) is 27.9. The lowest BCUT2D eigenvalue weighted by molar-refractivity contribution is -0.115. The van der Waals surface area contributed by atoms with Gasteiger partial charge in [0.1, 0.15) is 5.82 Å². The van der Waals surface area contributed by atoms with Crippen molar-refractivity contribution in [2.24, 2.45) is 0 Å². The minimum Gasteiger partial charge on any atom is -0.343 e. The molecular weight excluding hydrogens is 379 g/mol. The highest BCUT2D eigenvalue weighted by molar-refractivity contribution is 7.14. The molecule has 0 bridgehead atoms. The molecule has 0 saturated heterocycles. The van der Waals surface area contributed by atoms with Gasteiger partial charge in [0.2, 0.25) is 5.91 Å². The van der Waals surface area contributed by atoms with Crippen LogP contribution in [0.3, 0.4) is 0 Å². The van der Waals surface area contributed by atoms with Crippen LogP contribution in [0.15, 0.2) is 47.8 Å². The maximum atomic E-state index is 13.5. The molecule has 2 amide bonds. The van der Waals surface area contributed by atoms with Crippen molar-refractivity contribution in [3.8, 4) is 11.3 Å². The summed E-state index contributed by atoms with van der Waals surface area (Å²) in [6.45, 7) is -0.382. The fraction of sp³-hybridized carbons (Fsp3) is 0.0556. The van der Waals surface area contributed by atoms with Crippen LogP contribution in [0.25, 0.3) is 11.3 Å². The lowest BCUT2D eigenvalue weighted by atomic mass is 10.2. The van der Waals surface area contributed by atoms with Gasteiger partial charge >= 0.3 is 0 Å². The highest BCUT2D eigenvalue weighted by Gasteiger charge is 2.13. The molecule has 27 heavy (non-hydrogen) atoms. The van der Waals surface area contributed by atoms with E-state index >= 15 is 0 Å². The molecule has 0 atom stereocenters. The Hall–Kier alpha value is -3.20. The summed E-state index contributed by atoms with van der Waals surface area (Å²) < 4.78 is 39.8. The molecule has 0 saturated carbocycles. The highest BCUT2D eigenvalue weighted by atomic mass is 32.1.